The Labute approximate surface area is 171 Å². The summed E-state index contributed by atoms with van der Waals surface area (Å²) in [4.78, 5) is 13.8. The summed E-state index contributed by atoms with van der Waals surface area (Å²) in [6.45, 7) is 2.49. The monoisotopic (exact) mass is 436 g/mol. The molecule has 0 saturated carbocycles. The van der Waals surface area contributed by atoms with Gasteiger partial charge < -0.3 is 9.64 Å². The van der Waals surface area contributed by atoms with E-state index in [1.54, 1.807) is 12.1 Å². The highest BCUT2D eigenvalue weighted by Gasteiger charge is 2.33. The average molecular weight is 437 g/mol. The maximum Gasteiger partial charge on any atom is 0.410 e. The van der Waals surface area contributed by atoms with Crippen molar-refractivity contribution in [1.29, 1.82) is 0 Å². The quantitative estimate of drug-likeness (QED) is 0.718. The number of carbonyl (C=O) groups is 1. The number of sulfonamides is 1. The second kappa shape index (κ2) is 8.54. The van der Waals surface area contributed by atoms with Crippen LogP contribution in [0.15, 0.2) is 63.3 Å². The van der Waals surface area contributed by atoms with E-state index in [0.717, 1.165) is 11.1 Å². The van der Waals surface area contributed by atoms with E-state index in [2.05, 4.69) is 3.77 Å². The van der Waals surface area contributed by atoms with Crippen LogP contribution in [-0.2, 0) is 31.1 Å². The van der Waals surface area contributed by atoms with Crippen molar-refractivity contribution in [2.45, 2.75) is 30.1 Å². The van der Waals surface area contributed by atoms with E-state index in [1.807, 2.05) is 37.3 Å². The highest BCUT2D eigenvalue weighted by Crippen LogP contribution is 2.22. The topological polar surface area (TPSA) is 93.1 Å². The van der Waals surface area contributed by atoms with E-state index in [-0.39, 0.29) is 18.0 Å². The van der Waals surface area contributed by atoms with Crippen molar-refractivity contribution >= 4 is 25.8 Å². The number of carbonyl (C=O) groups excluding carboxylic acids is 1. The first-order valence-corrected chi connectivity index (χ1v) is 12.6. The molecule has 1 aliphatic rings. The van der Waals surface area contributed by atoms with Crippen LogP contribution in [0.3, 0.4) is 0 Å². The normalized spacial score (nSPS) is 18.8. The Bertz CT molecular complexity index is 1090. The molecule has 0 aliphatic carbocycles. The van der Waals surface area contributed by atoms with Gasteiger partial charge >= 0.3 is 6.09 Å². The molecule has 0 bridgehead atoms. The zero-order chi connectivity index (χ0) is 21.1. The molecule has 3 rings (SSSR count). The third-order valence-electron chi connectivity index (χ3n) is 4.79. The summed E-state index contributed by atoms with van der Waals surface area (Å²) in [5, 5.41) is -0.535. The zero-order valence-electron chi connectivity index (χ0n) is 16.4. The van der Waals surface area contributed by atoms with Crippen molar-refractivity contribution in [3.8, 4) is 0 Å². The van der Waals surface area contributed by atoms with Crippen LogP contribution in [0.25, 0.3) is 0 Å². The summed E-state index contributed by atoms with van der Waals surface area (Å²) in [6.07, 6.45) is 1.23. The predicted octanol–water partition coefficient (Wildman–Crippen LogP) is 3.19. The van der Waals surface area contributed by atoms with Gasteiger partial charge in [-0.2, -0.15) is 8.42 Å². The van der Waals surface area contributed by atoms with Crippen molar-refractivity contribution in [2.24, 2.45) is 3.77 Å². The highest BCUT2D eigenvalue weighted by atomic mass is 32.3. The molecule has 156 valence electrons. The molecule has 2 atom stereocenters. The predicted molar refractivity (Wildman–Crippen MR) is 111 cm³/mol. The molecule has 0 N–H and O–H groups in total. The maximum atomic E-state index is 13.1. The number of ether oxygens (including phenoxy) is 1. The van der Waals surface area contributed by atoms with Gasteiger partial charge in [0.25, 0.3) is 10.0 Å². The number of aryl methyl sites for hydroxylation is 1. The van der Waals surface area contributed by atoms with Gasteiger partial charge in [0, 0.05) is 19.3 Å². The van der Waals surface area contributed by atoms with Crippen molar-refractivity contribution in [2.75, 3.05) is 19.3 Å². The van der Waals surface area contributed by atoms with Gasteiger partial charge in [-0.3, -0.25) is 0 Å². The van der Waals surface area contributed by atoms with E-state index < -0.39 is 31.1 Å². The van der Waals surface area contributed by atoms with Crippen LogP contribution in [0.2, 0.25) is 0 Å². The molecule has 29 heavy (non-hydrogen) atoms. The zero-order valence-corrected chi connectivity index (χ0v) is 18.0. The molecule has 1 fully saturated rings. The minimum absolute atomic E-state index is 0.00907. The first-order valence-electron chi connectivity index (χ1n) is 9.17. The highest BCUT2D eigenvalue weighted by molar-refractivity contribution is 8.03. The van der Waals surface area contributed by atoms with Gasteiger partial charge in [0.05, 0.1) is 19.9 Å². The third kappa shape index (κ3) is 5.36. The van der Waals surface area contributed by atoms with Crippen LogP contribution >= 0.6 is 0 Å². The maximum absolute atomic E-state index is 13.1. The summed E-state index contributed by atoms with van der Waals surface area (Å²) in [5.74, 6) is 0. The lowest BCUT2D eigenvalue weighted by Gasteiger charge is -2.17. The number of amides is 1. The Balaban J connectivity index is 1.67. The van der Waals surface area contributed by atoms with Crippen LogP contribution < -0.4 is 0 Å². The summed E-state index contributed by atoms with van der Waals surface area (Å²) in [6, 6.07) is 15.5. The molecule has 9 heteroatoms. The average Bonchev–Trinajstić information content (AvgIpc) is 3.18. The smallest absolute Gasteiger partial charge is 0.410 e. The third-order valence-corrected chi connectivity index (χ3v) is 9.25. The summed E-state index contributed by atoms with van der Waals surface area (Å²) in [7, 11) is -7.11. The second-order valence-electron chi connectivity index (χ2n) is 7.12. The fraction of sp³-hybridized carbons (Fsp3) is 0.350. The van der Waals surface area contributed by atoms with Gasteiger partial charge in [0.2, 0.25) is 0 Å². The van der Waals surface area contributed by atoms with Gasteiger partial charge in [0.15, 0.2) is 0 Å². The number of hydrogen-bond acceptors (Lipinski definition) is 5. The molecule has 0 spiro atoms. The van der Waals surface area contributed by atoms with Crippen LogP contribution in [0, 0.1) is 6.92 Å². The van der Waals surface area contributed by atoms with Gasteiger partial charge in [0.1, 0.15) is 6.61 Å². The van der Waals surface area contributed by atoms with Crippen molar-refractivity contribution in [3.05, 3.63) is 65.7 Å². The van der Waals surface area contributed by atoms with E-state index >= 15 is 0 Å². The molecule has 1 saturated heterocycles. The summed E-state index contributed by atoms with van der Waals surface area (Å²) >= 11 is 0. The molecule has 1 aliphatic heterocycles. The van der Waals surface area contributed by atoms with E-state index in [1.165, 1.54) is 23.3 Å². The van der Waals surface area contributed by atoms with Gasteiger partial charge in [-0.05, 0) is 31.0 Å². The van der Waals surface area contributed by atoms with Crippen molar-refractivity contribution in [1.82, 2.24) is 4.90 Å². The lowest BCUT2D eigenvalue weighted by Crippen LogP contribution is -2.32. The van der Waals surface area contributed by atoms with E-state index in [9.17, 15) is 17.4 Å². The Morgan fingerprint density at radius 2 is 1.76 bits per heavy atom. The van der Waals surface area contributed by atoms with Gasteiger partial charge in [-0.1, -0.05) is 48.0 Å². The van der Waals surface area contributed by atoms with E-state index in [4.69, 9.17) is 4.74 Å². The van der Waals surface area contributed by atoms with Crippen LogP contribution in [-0.4, -0.2) is 48.2 Å². The summed E-state index contributed by atoms with van der Waals surface area (Å²) < 4.78 is 47.2. The number of rotatable bonds is 5. The lowest BCUT2D eigenvalue weighted by atomic mass is 10.2. The fourth-order valence-corrected chi connectivity index (χ4v) is 6.94. The van der Waals surface area contributed by atoms with Crippen LogP contribution in [0.5, 0.6) is 0 Å². The first-order chi connectivity index (χ1) is 13.7. The van der Waals surface area contributed by atoms with Crippen LogP contribution in [0.1, 0.15) is 17.5 Å². The molecule has 1 heterocycles. The Hall–Kier alpha value is -2.39. The fourth-order valence-electron chi connectivity index (χ4n) is 3.07. The molecule has 1 amide bonds. The molecule has 0 aromatic heterocycles. The number of likely N-dealkylation sites (tertiary alicyclic amines) is 1. The summed E-state index contributed by atoms with van der Waals surface area (Å²) in [5.41, 5.74) is 1.79. The SMILES string of the molecule is Cc1ccc(S(=O)(=O)N=S(C)(=O)[C@H]2CCN(C(=O)OCc3ccccc3)C2)cc1. The molecular weight excluding hydrogens is 412 g/mol. The minimum Gasteiger partial charge on any atom is -0.445 e. The molecule has 2 aromatic rings. The number of benzene rings is 2. The number of hydrogen-bond donors (Lipinski definition) is 0. The largest absolute Gasteiger partial charge is 0.445 e. The van der Waals surface area contributed by atoms with Crippen LogP contribution in [0.4, 0.5) is 4.79 Å². The molecule has 7 nitrogen and oxygen atoms in total. The molecule has 0 radical (unpaired) electrons. The first kappa shape index (κ1) is 21.3. The van der Waals surface area contributed by atoms with E-state index in [0.29, 0.717) is 13.0 Å². The van der Waals surface area contributed by atoms with Crippen molar-refractivity contribution < 1.29 is 22.2 Å². The lowest BCUT2D eigenvalue weighted by molar-refractivity contribution is 0.104. The molecular formula is C20H24N2O5S2. The number of nitrogens with zero attached hydrogens (tertiary/aromatic N) is 2. The Kier molecular flexibility index (Phi) is 6.28. The molecule has 2 aromatic carbocycles. The second-order valence-corrected chi connectivity index (χ2v) is 11.5. The van der Waals surface area contributed by atoms with Gasteiger partial charge in [-0.25, -0.2) is 9.00 Å². The molecule has 1 unspecified atom stereocenters. The Morgan fingerprint density at radius 1 is 1.10 bits per heavy atom. The minimum atomic E-state index is -4.04. The van der Waals surface area contributed by atoms with Gasteiger partial charge in [-0.15, -0.1) is 3.77 Å². The standard InChI is InChI=1S/C20H24N2O5S2/c1-16-8-10-18(11-9-16)29(25,26)21-28(2,24)19-12-13-22(14-19)20(23)27-15-17-6-4-3-5-7-17/h3-11,19H,12-15H2,1-2H3/t19-,28?/m0/s1. The Morgan fingerprint density at radius 3 is 2.41 bits per heavy atom. The van der Waals surface area contributed by atoms with Crippen molar-refractivity contribution in [3.63, 3.8) is 0 Å².